The highest BCUT2D eigenvalue weighted by Gasteiger charge is 2.17. The standard InChI is InChI=1S/C30H32I2O6/c1-7-27(37-21(5)33)19(3)15-35-17-23-11-9-13-25(31)29(23)30-24(12-10-14-26(30)32)18-36-16-20(4)28(8-2)38-22(6)34/h7-16H,17-18H2,1-6H3/b19-15+,20-16+,27-7-,28-8-. The van der Waals surface area contributed by atoms with Crippen molar-refractivity contribution >= 4 is 57.1 Å². The van der Waals surface area contributed by atoms with Gasteiger partial charge in [-0.2, -0.15) is 0 Å². The Morgan fingerprint density at radius 2 is 1.05 bits per heavy atom. The molecule has 0 heterocycles. The Morgan fingerprint density at radius 3 is 1.37 bits per heavy atom. The fraction of sp³-hybridized carbons (Fsp3) is 0.267. The molecule has 0 aromatic heterocycles. The Balaban J connectivity index is 2.34. The lowest BCUT2D eigenvalue weighted by atomic mass is 9.96. The van der Waals surface area contributed by atoms with Gasteiger partial charge in [0.2, 0.25) is 0 Å². The first-order chi connectivity index (χ1) is 18.1. The summed E-state index contributed by atoms with van der Waals surface area (Å²) in [6, 6.07) is 12.2. The molecule has 0 saturated heterocycles. The molecule has 2 rings (SSSR count). The molecule has 0 fully saturated rings. The van der Waals surface area contributed by atoms with Crippen LogP contribution in [0.4, 0.5) is 0 Å². The zero-order valence-electron chi connectivity index (χ0n) is 22.4. The maximum Gasteiger partial charge on any atom is 0.308 e. The van der Waals surface area contributed by atoms with Gasteiger partial charge in [-0.25, -0.2) is 0 Å². The van der Waals surface area contributed by atoms with Gasteiger partial charge in [0.05, 0.1) is 12.5 Å². The van der Waals surface area contributed by atoms with Crippen molar-refractivity contribution in [3.05, 3.63) is 102 Å². The van der Waals surface area contributed by atoms with Gasteiger partial charge in [0.1, 0.15) is 24.7 Å². The van der Waals surface area contributed by atoms with E-state index in [1.807, 2.05) is 38.1 Å². The monoisotopic (exact) mass is 742 g/mol. The second-order valence-electron chi connectivity index (χ2n) is 8.26. The Kier molecular flexibility index (Phi) is 13.1. The maximum absolute atomic E-state index is 11.3. The number of hydrogen-bond acceptors (Lipinski definition) is 6. The zero-order chi connectivity index (χ0) is 28.2. The minimum absolute atomic E-state index is 0.331. The van der Waals surface area contributed by atoms with Crippen molar-refractivity contribution in [2.75, 3.05) is 0 Å². The summed E-state index contributed by atoms with van der Waals surface area (Å²) in [7, 11) is 0. The molecule has 0 bridgehead atoms. The highest BCUT2D eigenvalue weighted by Crippen LogP contribution is 2.36. The van der Waals surface area contributed by atoms with Crippen molar-refractivity contribution in [3.8, 4) is 11.1 Å². The van der Waals surface area contributed by atoms with Crippen LogP contribution in [0.5, 0.6) is 0 Å². The smallest absolute Gasteiger partial charge is 0.308 e. The van der Waals surface area contributed by atoms with Crippen LogP contribution in [0.2, 0.25) is 0 Å². The van der Waals surface area contributed by atoms with E-state index in [0.29, 0.717) is 24.7 Å². The van der Waals surface area contributed by atoms with Crippen LogP contribution in [-0.4, -0.2) is 11.9 Å². The van der Waals surface area contributed by atoms with E-state index in [9.17, 15) is 9.59 Å². The number of rotatable bonds is 11. The van der Waals surface area contributed by atoms with Crippen molar-refractivity contribution in [1.29, 1.82) is 0 Å². The number of carbonyl (C=O) groups excluding carboxylic acids is 2. The second-order valence-corrected chi connectivity index (χ2v) is 10.6. The van der Waals surface area contributed by atoms with Gasteiger partial charge in [-0.05, 0) is 108 Å². The fourth-order valence-electron chi connectivity index (χ4n) is 3.61. The second kappa shape index (κ2) is 15.7. The van der Waals surface area contributed by atoms with Gasteiger partial charge in [-0.1, -0.05) is 24.3 Å². The van der Waals surface area contributed by atoms with E-state index in [0.717, 1.165) is 40.5 Å². The van der Waals surface area contributed by atoms with Crippen LogP contribution in [0.1, 0.15) is 52.7 Å². The molecule has 0 atom stereocenters. The number of hydrogen-bond donors (Lipinski definition) is 0. The maximum atomic E-state index is 11.3. The van der Waals surface area contributed by atoms with Gasteiger partial charge < -0.3 is 18.9 Å². The molecule has 8 heteroatoms. The molecular weight excluding hydrogens is 710 g/mol. The highest BCUT2D eigenvalue weighted by atomic mass is 127. The van der Waals surface area contributed by atoms with Gasteiger partial charge in [-0.15, -0.1) is 0 Å². The number of halogens is 2. The van der Waals surface area contributed by atoms with Gasteiger partial charge in [0, 0.05) is 43.3 Å². The molecule has 2 aromatic rings. The Morgan fingerprint density at radius 1 is 0.684 bits per heavy atom. The third-order valence-electron chi connectivity index (χ3n) is 5.26. The summed E-state index contributed by atoms with van der Waals surface area (Å²) >= 11 is 4.68. The fourth-order valence-corrected chi connectivity index (χ4v) is 5.26. The predicted molar refractivity (Wildman–Crippen MR) is 165 cm³/mol. The molecule has 0 amide bonds. The predicted octanol–water partition coefficient (Wildman–Crippen LogP) is 8.34. The van der Waals surface area contributed by atoms with Gasteiger partial charge in [-0.3, -0.25) is 9.59 Å². The molecule has 0 N–H and O–H groups in total. The minimum atomic E-state index is -0.377. The first kappa shape index (κ1) is 31.6. The molecule has 0 saturated carbocycles. The topological polar surface area (TPSA) is 71.1 Å². The van der Waals surface area contributed by atoms with Crippen molar-refractivity contribution in [2.24, 2.45) is 0 Å². The lowest BCUT2D eigenvalue weighted by Gasteiger charge is -2.18. The molecule has 0 radical (unpaired) electrons. The van der Waals surface area contributed by atoms with Crippen LogP contribution < -0.4 is 0 Å². The summed E-state index contributed by atoms with van der Waals surface area (Å²) < 4.78 is 24.5. The third kappa shape index (κ3) is 9.30. The Bertz CT molecular complexity index is 1190. The SMILES string of the molecule is C/C=C(OC(C)=O)/C(C)=C/OCc1cccc(I)c1-c1c(I)cccc1CO/C=C(C)/C(=C/C)OC(C)=O. The third-order valence-corrected chi connectivity index (χ3v) is 7.05. The summed E-state index contributed by atoms with van der Waals surface area (Å²) in [4.78, 5) is 22.7. The summed E-state index contributed by atoms with van der Waals surface area (Å²) in [6.07, 6.45) is 6.68. The molecule has 0 aliphatic rings. The van der Waals surface area contributed by atoms with Gasteiger partial charge in [0.25, 0.3) is 0 Å². The molecular formula is C30H32I2O6. The quantitative estimate of drug-likeness (QED) is 0.0999. The first-order valence-electron chi connectivity index (χ1n) is 11.9. The molecule has 0 aliphatic carbocycles. The molecule has 202 valence electrons. The summed E-state index contributed by atoms with van der Waals surface area (Å²) in [5, 5.41) is 0. The summed E-state index contributed by atoms with van der Waals surface area (Å²) in [5.41, 5.74) is 5.61. The largest absolute Gasteiger partial charge is 0.496 e. The number of allylic oxidation sites excluding steroid dienone is 4. The van der Waals surface area contributed by atoms with E-state index in [-0.39, 0.29) is 11.9 Å². The normalized spacial score (nSPS) is 12.7. The average Bonchev–Trinajstić information content (AvgIpc) is 2.86. The van der Waals surface area contributed by atoms with Crippen LogP contribution >= 0.6 is 45.2 Å². The number of benzene rings is 2. The van der Waals surface area contributed by atoms with Crippen LogP contribution in [0.3, 0.4) is 0 Å². The summed E-state index contributed by atoms with van der Waals surface area (Å²) in [5.74, 6) is 0.182. The van der Waals surface area contributed by atoms with E-state index in [4.69, 9.17) is 18.9 Å². The van der Waals surface area contributed by atoms with E-state index >= 15 is 0 Å². The van der Waals surface area contributed by atoms with Crippen molar-refractivity contribution in [1.82, 2.24) is 0 Å². The lowest BCUT2D eigenvalue weighted by Crippen LogP contribution is -2.03. The average molecular weight is 742 g/mol. The Labute approximate surface area is 252 Å². The molecule has 2 aromatic carbocycles. The molecule has 38 heavy (non-hydrogen) atoms. The van der Waals surface area contributed by atoms with Gasteiger partial charge >= 0.3 is 11.9 Å². The Hall–Kier alpha value is -2.60. The molecule has 0 unspecified atom stereocenters. The molecule has 0 aliphatic heterocycles. The molecule has 6 nitrogen and oxygen atoms in total. The van der Waals surface area contributed by atoms with Crippen molar-refractivity contribution < 1.29 is 28.5 Å². The van der Waals surface area contributed by atoms with E-state index in [2.05, 4.69) is 57.3 Å². The molecule has 0 spiro atoms. The number of esters is 2. The van der Waals surface area contributed by atoms with Crippen LogP contribution in [0.25, 0.3) is 11.1 Å². The van der Waals surface area contributed by atoms with Gasteiger partial charge in [0.15, 0.2) is 0 Å². The van der Waals surface area contributed by atoms with Crippen molar-refractivity contribution in [2.45, 2.75) is 54.8 Å². The van der Waals surface area contributed by atoms with E-state index in [1.54, 1.807) is 38.5 Å². The van der Waals surface area contributed by atoms with E-state index < -0.39 is 0 Å². The lowest BCUT2D eigenvalue weighted by molar-refractivity contribution is -0.137. The van der Waals surface area contributed by atoms with Crippen LogP contribution in [0.15, 0.2) is 83.7 Å². The summed E-state index contributed by atoms with van der Waals surface area (Å²) in [6.45, 7) is 10.7. The first-order valence-corrected chi connectivity index (χ1v) is 14.1. The zero-order valence-corrected chi connectivity index (χ0v) is 26.7. The number of carbonyl (C=O) groups is 2. The number of ether oxygens (including phenoxy) is 4. The van der Waals surface area contributed by atoms with Crippen LogP contribution in [0, 0.1) is 7.14 Å². The van der Waals surface area contributed by atoms with Crippen molar-refractivity contribution in [3.63, 3.8) is 0 Å². The minimum Gasteiger partial charge on any atom is -0.496 e. The van der Waals surface area contributed by atoms with E-state index in [1.165, 1.54) is 13.8 Å². The van der Waals surface area contributed by atoms with Crippen LogP contribution in [-0.2, 0) is 41.8 Å². The highest BCUT2D eigenvalue weighted by molar-refractivity contribution is 14.1.